The Balaban J connectivity index is 1.97. The Bertz CT molecular complexity index is 1110. The number of hydrogen-bond acceptors (Lipinski definition) is 3. The van der Waals surface area contributed by atoms with Crippen molar-refractivity contribution in [3.63, 3.8) is 0 Å². The van der Waals surface area contributed by atoms with Crippen molar-refractivity contribution in [2.75, 3.05) is 0 Å². The molecular formula is C23H19NO3S. The number of nitrogens with zero attached hydrogens (tertiary/aromatic N) is 1. The summed E-state index contributed by atoms with van der Waals surface area (Å²) in [6.45, 7) is 1.93. The summed E-state index contributed by atoms with van der Waals surface area (Å²) in [5.74, 6) is 2.03. The van der Waals surface area contributed by atoms with Crippen LogP contribution in [0.1, 0.15) is 21.5 Å². The van der Waals surface area contributed by atoms with Crippen LogP contribution in [0.5, 0.6) is 0 Å². The molecule has 0 aliphatic rings. The van der Waals surface area contributed by atoms with Gasteiger partial charge in [-0.05, 0) is 24.6 Å². The zero-order valence-corrected chi connectivity index (χ0v) is 16.2. The summed E-state index contributed by atoms with van der Waals surface area (Å²) < 4.78 is 27.2. The van der Waals surface area contributed by atoms with Gasteiger partial charge in [0.15, 0.2) is 0 Å². The monoisotopic (exact) mass is 389 g/mol. The fraction of sp³-hybridized carbons (Fsp3) is 0.0870. The predicted octanol–water partition coefficient (Wildman–Crippen LogP) is 4.03. The van der Waals surface area contributed by atoms with E-state index in [1.54, 1.807) is 54.6 Å². The molecule has 3 aromatic rings. The van der Waals surface area contributed by atoms with Gasteiger partial charge in [0.1, 0.15) is 0 Å². The number of sulfonamides is 1. The van der Waals surface area contributed by atoms with Crippen LogP contribution in [0.15, 0.2) is 89.8 Å². The van der Waals surface area contributed by atoms with Crippen LogP contribution in [-0.2, 0) is 16.6 Å². The maximum Gasteiger partial charge on any atom is 0.271 e. The van der Waals surface area contributed by atoms with E-state index in [2.05, 4.69) is 12.0 Å². The molecule has 0 spiro atoms. The van der Waals surface area contributed by atoms with Gasteiger partial charge in [0, 0.05) is 17.5 Å². The summed E-state index contributed by atoms with van der Waals surface area (Å²) in [5, 5.41) is 0. The van der Waals surface area contributed by atoms with Gasteiger partial charge in [0.25, 0.3) is 10.0 Å². The van der Waals surface area contributed by atoms with Crippen molar-refractivity contribution in [2.45, 2.75) is 18.4 Å². The van der Waals surface area contributed by atoms with Crippen LogP contribution in [-0.4, -0.2) is 18.5 Å². The van der Waals surface area contributed by atoms with Gasteiger partial charge in [-0.15, -0.1) is 0 Å². The summed E-state index contributed by atoms with van der Waals surface area (Å²) in [5.41, 5.74) is 2.15. The number of benzene rings is 3. The van der Waals surface area contributed by atoms with Crippen molar-refractivity contribution in [3.8, 4) is 12.0 Å². The molecule has 0 radical (unpaired) electrons. The number of carbonyl (C=O) groups is 1. The number of ketones is 1. The maximum atomic E-state index is 13.1. The topological polar surface area (TPSA) is 54.5 Å². The maximum absolute atomic E-state index is 13.1. The van der Waals surface area contributed by atoms with Crippen LogP contribution < -0.4 is 0 Å². The van der Waals surface area contributed by atoms with E-state index >= 15 is 0 Å². The van der Waals surface area contributed by atoms with Crippen molar-refractivity contribution in [2.24, 2.45) is 0 Å². The van der Waals surface area contributed by atoms with Crippen molar-refractivity contribution in [1.29, 1.82) is 0 Å². The van der Waals surface area contributed by atoms with E-state index in [4.69, 9.17) is 0 Å². The number of Topliss-reactive ketones (excluding diaryl/α,β-unsaturated/α-hetero) is 1. The molecule has 0 aliphatic heterocycles. The fourth-order valence-corrected chi connectivity index (χ4v) is 3.77. The standard InChI is InChI=1S/C23H19NO3S/c1-19-12-14-22(15-13-19)28(26,27)24(18-20-8-4-2-5-9-20)17-16-23(25)21-10-6-3-7-11-21/h2-15H,18H2,1H3. The summed E-state index contributed by atoms with van der Waals surface area (Å²) >= 11 is 0. The molecule has 0 unspecified atom stereocenters. The SMILES string of the molecule is Cc1ccc(S(=O)(=O)N(C#CC(=O)c2ccccc2)Cc2ccccc2)cc1. The summed E-state index contributed by atoms with van der Waals surface area (Å²) in [6, 6.07) is 26.8. The van der Waals surface area contributed by atoms with Crippen LogP contribution in [0, 0.1) is 18.9 Å². The second-order valence-corrected chi connectivity index (χ2v) is 8.10. The third-order valence-electron chi connectivity index (χ3n) is 4.11. The van der Waals surface area contributed by atoms with E-state index in [1.165, 1.54) is 0 Å². The minimum Gasteiger partial charge on any atom is -0.279 e. The third-order valence-corrected chi connectivity index (χ3v) is 5.78. The van der Waals surface area contributed by atoms with Gasteiger partial charge in [-0.2, -0.15) is 0 Å². The van der Waals surface area contributed by atoms with Crippen LogP contribution in [0.2, 0.25) is 0 Å². The quantitative estimate of drug-likeness (QED) is 0.376. The minimum absolute atomic E-state index is 0.0477. The van der Waals surface area contributed by atoms with Crippen LogP contribution in [0.25, 0.3) is 0 Å². The molecule has 0 aromatic heterocycles. The van der Waals surface area contributed by atoms with Crippen LogP contribution in [0.3, 0.4) is 0 Å². The Morgan fingerprint density at radius 1 is 0.857 bits per heavy atom. The van der Waals surface area contributed by atoms with Gasteiger partial charge in [-0.3, -0.25) is 4.79 Å². The molecule has 0 saturated heterocycles. The average Bonchev–Trinajstić information content (AvgIpc) is 2.72. The van der Waals surface area contributed by atoms with E-state index in [1.807, 2.05) is 37.3 Å². The predicted molar refractivity (Wildman–Crippen MR) is 109 cm³/mol. The zero-order chi connectivity index (χ0) is 20.0. The van der Waals surface area contributed by atoms with E-state index in [-0.39, 0.29) is 11.4 Å². The lowest BCUT2D eigenvalue weighted by molar-refractivity contribution is 0.105. The first-order chi connectivity index (χ1) is 13.5. The highest BCUT2D eigenvalue weighted by Crippen LogP contribution is 2.18. The van der Waals surface area contributed by atoms with Gasteiger partial charge in [0.2, 0.25) is 5.78 Å². The first-order valence-corrected chi connectivity index (χ1v) is 10.2. The minimum atomic E-state index is -3.89. The van der Waals surface area contributed by atoms with Crippen molar-refractivity contribution in [1.82, 2.24) is 4.31 Å². The molecule has 0 N–H and O–H groups in total. The largest absolute Gasteiger partial charge is 0.279 e. The average molecular weight is 389 g/mol. The second kappa shape index (κ2) is 8.55. The molecule has 5 heteroatoms. The van der Waals surface area contributed by atoms with Gasteiger partial charge in [0.05, 0.1) is 11.4 Å². The molecule has 4 nitrogen and oxygen atoms in total. The lowest BCUT2D eigenvalue weighted by Crippen LogP contribution is -2.26. The lowest BCUT2D eigenvalue weighted by atomic mass is 10.1. The molecule has 3 aromatic carbocycles. The molecule has 0 aliphatic carbocycles. The molecule has 0 fully saturated rings. The van der Waals surface area contributed by atoms with Crippen LogP contribution >= 0.6 is 0 Å². The highest BCUT2D eigenvalue weighted by Gasteiger charge is 2.22. The molecule has 28 heavy (non-hydrogen) atoms. The van der Waals surface area contributed by atoms with Gasteiger partial charge < -0.3 is 0 Å². The van der Waals surface area contributed by atoms with E-state index in [9.17, 15) is 13.2 Å². The van der Waals surface area contributed by atoms with E-state index < -0.39 is 15.8 Å². The first-order valence-electron chi connectivity index (χ1n) is 8.71. The molecular weight excluding hydrogens is 370 g/mol. The summed E-state index contributed by atoms with van der Waals surface area (Å²) in [4.78, 5) is 12.4. The van der Waals surface area contributed by atoms with Crippen molar-refractivity contribution in [3.05, 3.63) is 102 Å². The summed E-state index contributed by atoms with van der Waals surface area (Å²) in [7, 11) is -3.89. The molecule has 3 rings (SSSR count). The number of hydrogen-bond donors (Lipinski definition) is 0. The summed E-state index contributed by atoms with van der Waals surface area (Å²) in [6.07, 6.45) is 0. The highest BCUT2D eigenvalue weighted by atomic mass is 32.2. The normalized spacial score (nSPS) is 10.6. The molecule has 0 amide bonds. The lowest BCUT2D eigenvalue weighted by Gasteiger charge is -2.18. The number of aryl methyl sites for hydroxylation is 1. The number of rotatable bonds is 5. The number of carbonyl (C=O) groups excluding carboxylic acids is 1. The van der Waals surface area contributed by atoms with Crippen LogP contribution in [0.4, 0.5) is 0 Å². The fourth-order valence-electron chi connectivity index (χ4n) is 2.55. The van der Waals surface area contributed by atoms with E-state index in [0.29, 0.717) is 5.56 Å². The Hall–Kier alpha value is -3.36. The molecule has 0 bridgehead atoms. The third kappa shape index (κ3) is 4.67. The molecule has 0 saturated carbocycles. The Morgan fingerprint density at radius 3 is 2.04 bits per heavy atom. The zero-order valence-electron chi connectivity index (χ0n) is 15.4. The van der Waals surface area contributed by atoms with Gasteiger partial charge >= 0.3 is 0 Å². The van der Waals surface area contributed by atoms with Gasteiger partial charge in [-0.25, -0.2) is 12.7 Å². The Kier molecular flexibility index (Phi) is 5.93. The molecule has 0 heterocycles. The van der Waals surface area contributed by atoms with Gasteiger partial charge in [-0.1, -0.05) is 78.4 Å². The molecule has 140 valence electrons. The Labute approximate surface area is 165 Å². The smallest absolute Gasteiger partial charge is 0.271 e. The second-order valence-electron chi connectivity index (χ2n) is 6.24. The highest BCUT2D eigenvalue weighted by molar-refractivity contribution is 7.89. The van der Waals surface area contributed by atoms with Crippen molar-refractivity contribution >= 4 is 15.8 Å². The first kappa shape index (κ1) is 19.4. The Morgan fingerprint density at radius 2 is 1.43 bits per heavy atom. The molecule has 0 atom stereocenters. The van der Waals surface area contributed by atoms with E-state index in [0.717, 1.165) is 15.4 Å². The van der Waals surface area contributed by atoms with Crippen molar-refractivity contribution < 1.29 is 13.2 Å².